The smallest absolute Gasteiger partial charge is 0.410 e. The quantitative estimate of drug-likeness (QED) is 0.745. The number of nitriles is 2. The lowest BCUT2D eigenvalue weighted by molar-refractivity contribution is 0.0652. The lowest BCUT2D eigenvalue weighted by Gasteiger charge is -2.32. The third-order valence-electron chi connectivity index (χ3n) is 4.83. The largest absolute Gasteiger partial charge is 0.486 e. The van der Waals surface area contributed by atoms with Crippen LogP contribution >= 0.6 is 0 Å². The van der Waals surface area contributed by atoms with Gasteiger partial charge in [0.15, 0.2) is 11.6 Å². The van der Waals surface area contributed by atoms with Gasteiger partial charge in [-0.3, -0.25) is 4.68 Å². The van der Waals surface area contributed by atoms with Gasteiger partial charge < -0.3 is 14.4 Å². The fraction of sp³-hybridized carbons (Fsp3) is 0.429. The zero-order valence-corrected chi connectivity index (χ0v) is 16.8. The van der Waals surface area contributed by atoms with E-state index in [1.165, 1.54) is 12.1 Å². The molecule has 0 N–H and O–H groups in total. The maximum Gasteiger partial charge on any atom is 0.410 e. The summed E-state index contributed by atoms with van der Waals surface area (Å²) in [6.07, 6.45) is 2.33. The van der Waals surface area contributed by atoms with E-state index < -0.39 is 5.82 Å². The van der Waals surface area contributed by atoms with Gasteiger partial charge >= 0.3 is 6.09 Å². The molecule has 8 nitrogen and oxygen atoms in total. The number of hydrogen-bond acceptors (Lipinski definition) is 6. The molecule has 9 heteroatoms. The van der Waals surface area contributed by atoms with Gasteiger partial charge in [-0.15, -0.1) is 0 Å². The number of nitrogens with zero attached hydrogens (tertiary/aromatic N) is 5. The number of carbonyl (C=O) groups is 1. The van der Waals surface area contributed by atoms with Gasteiger partial charge in [0, 0.05) is 18.7 Å². The molecule has 1 aromatic heterocycles. The Bertz CT molecular complexity index is 997. The molecule has 1 saturated heterocycles. The second-order valence-electron chi connectivity index (χ2n) is 7.27. The molecule has 2 aromatic rings. The Balaban J connectivity index is 1.65. The van der Waals surface area contributed by atoms with Crippen LogP contribution in [-0.4, -0.2) is 40.0 Å². The van der Waals surface area contributed by atoms with E-state index in [1.54, 1.807) is 29.6 Å². The van der Waals surface area contributed by atoms with Gasteiger partial charge in [-0.2, -0.15) is 15.6 Å². The third kappa shape index (κ3) is 4.69. The zero-order chi connectivity index (χ0) is 21.7. The van der Waals surface area contributed by atoms with Crippen LogP contribution in [0.1, 0.15) is 49.6 Å². The average molecular weight is 411 g/mol. The van der Waals surface area contributed by atoms with Gasteiger partial charge in [-0.05, 0) is 44.9 Å². The van der Waals surface area contributed by atoms with E-state index in [4.69, 9.17) is 14.7 Å². The molecular formula is C21H22FN5O3. The predicted molar refractivity (Wildman–Crippen MR) is 104 cm³/mol. The highest BCUT2D eigenvalue weighted by molar-refractivity contribution is 5.67. The van der Waals surface area contributed by atoms with Crippen molar-refractivity contribution in [2.75, 3.05) is 13.1 Å². The lowest BCUT2D eigenvalue weighted by Crippen LogP contribution is -2.40. The summed E-state index contributed by atoms with van der Waals surface area (Å²) in [7, 11) is 0. The van der Waals surface area contributed by atoms with E-state index in [0.29, 0.717) is 37.2 Å². The molecule has 1 fully saturated rings. The van der Waals surface area contributed by atoms with Crippen LogP contribution in [0.3, 0.4) is 0 Å². The number of likely N-dealkylation sites (tertiary alicyclic amines) is 1. The number of benzene rings is 1. The Labute approximate surface area is 174 Å². The highest BCUT2D eigenvalue weighted by Gasteiger charge is 2.27. The standard InChI is InChI=1S/C21H22FN5O3/c1-14(2)30-21(28)26-7-5-17(6-8-26)27-19(11-24)16(12-25-27)13-29-20-4-3-15(10-23)9-18(20)22/h3-4,9,12,14,17H,5-8,13H2,1-2H3. The van der Waals surface area contributed by atoms with E-state index in [9.17, 15) is 14.4 Å². The van der Waals surface area contributed by atoms with Gasteiger partial charge in [0.2, 0.25) is 0 Å². The first-order valence-electron chi connectivity index (χ1n) is 9.67. The van der Waals surface area contributed by atoms with Gasteiger partial charge in [0.25, 0.3) is 0 Å². The number of carbonyl (C=O) groups excluding carboxylic acids is 1. The number of halogens is 1. The van der Waals surface area contributed by atoms with Crippen molar-refractivity contribution in [3.05, 3.63) is 47.0 Å². The van der Waals surface area contributed by atoms with Crippen LogP contribution in [0.4, 0.5) is 9.18 Å². The third-order valence-corrected chi connectivity index (χ3v) is 4.83. The number of hydrogen-bond donors (Lipinski definition) is 0. The number of piperidine rings is 1. The van der Waals surface area contributed by atoms with Crippen LogP contribution < -0.4 is 4.74 Å². The molecule has 0 unspecified atom stereocenters. The van der Waals surface area contributed by atoms with Gasteiger partial charge in [0.1, 0.15) is 18.4 Å². The van der Waals surface area contributed by atoms with Crippen LogP contribution in [0.15, 0.2) is 24.4 Å². The van der Waals surface area contributed by atoms with E-state index >= 15 is 0 Å². The first-order valence-corrected chi connectivity index (χ1v) is 9.67. The number of amides is 1. The molecule has 3 rings (SSSR count). The van der Waals surface area contributed by atoms with E-state index in [2.05, 4.69) is 11.2 Å². The average Bonchev–Trinajstić information content (AvgIpc) is 3.15. The molecule has 0 spiro atoms. The topological polar surface area (TPSA) is 104 Å². The molecule has 1 aromatic carbocycles. The Hall–Kier alpha value is -3.59. The molecule has 30 heavy (non-hydrogen) atoms. The molecular weight excluding hydrogens is 389 g/mol. The molecule has 0 aliphatic carbocycles. The second kappa shape index (κ2) is 9.27. The van der Waals surface area contributed by atoms with Crippen LogP contribution in [0.5, 0.6) is 5.75 Å². The van der Waals surface area contributed by atoms with Crippen molar-refractivity contribution in [2.45, 2.75) is 45.4 Å². The summed E-state index contributed by atoms with van der Waals surface area (Å²) in [5, 5.41) is 22.8. The summed E-state index contributed by atoms with van der Waals surface area (Å²) in [5.41, 5.74) is 1.10. The molecule has 0 atom stereocenters. The van der Waals surface area contributed by atoms with Crippen molar-refractivity contribution in [3.63, 3.8) is 0 Å². The SMILES string of the molecule is CC(C)OC(=O)N1CCC(n2ncc(COc3ccc(C#N)cc3F)c2C#N)CC1. The van der Waals surface area contributed by atoms with Gasteiger partial charge in [-0.25, -0.2) is 9.18 Å². The van der Waals surface area contributed by atoms with Crippen molar-refractivity contribution < 1.29 is 18.7 Å². The first kappa shape index (κ1) is 21.1. The zero-order valence-electron chi connectivity index (χ0n) is 16.8. The fourth-order valence-corrected chi connectivity index (χ4v) is 3.32. The van der Waals surface area contributed by atoms with Gasteiger partial charge in [-0.1, -0.05) is 0 Å². The lowest BCUT2D eigenvalue weighted by atomic mass is 10.1. The van der Waals surface area contributed by atoms with E-state index in [1.807, 2.05) is 6.07 Å². The van der Waals surface area contributed by atoms with Gasteiger partial charge in [0.05, 0.1) is 30.0 Å². The van der Waals surface area contributed by atoms with Crippen LogP contribution in [0, 0.1) is 28.5 Å². The van der Waals surface area contributed by atoms with Crippen molar-refractivity contribution in [1.82, 2.24) is 14.7 Å². The molecule has 0 bridgehead atoms. The molecule has 1 aliphatic heterocycles. The minimum absolute atomic E-state index is 0.00242. The highest BCUT2D eigenvalue weighted by Crippen LogP contribution is 2.26. The summed E-state index contributed by atoms with van der Waals surface area (Å²) in [5.74, 6) is -0.636. The maximum atomic E-state index is 14.0. The van der Waals surface area contributed by atoms with Crippen LogP contribution in [0.25, 0.3) is 0 Å². The fourth-order valence-electron chi connectivity index (χ4n) is 3.32. The molecule has 0 saturated carbocycles. The highest BCUT2D eigenvalue weighted by atomic mass is 19.1. The summed E-state index contributed by atoms with van der Waals surface area (Å²) >= 11 is 0. The maximum absolute atomic E-state index is 14.0. The molecule has 1 amide bonds. The van der Waals surface area contributed by atoms with Crippen LogP contribution in [0.2, 0.25) is 0 Å². The Morgan fingerprint density at radius 1 is 1.30 bits per heavy atom. The molecule has 1 aliphatic rings. The van der Waals surface area contributed by atoms with Crippen LogP contribution in [-0.2, 0) is 11.3 Å². The number of rotatable bonds is 5. The Morgan fingerprint density at radius 3 is 2.63 bits per heavy atom. The van der Waals surface area contributed by atoms with Crippen molar-refractivity contribution in [2.24, 2.45) is 0 Å². The van der Waals surface area contributed by atoms with Crippen molar-refractivity contribution in [1.29, 1.82) is 10.5 Å². The molecule has 0 radical (unpaired) electrons. The monoisotopic (exact) mass is 411 g/mol. The number of aromatic nitrogens is 2. The molecule has 156 valence electrons. The number of ether oxygens (including phenoxy) is 2. The normalized spacial score (nSPS) is 14.3. The second-order valence-corrected chi connectivity index (χ2v) is 7.27. The summed E-state index contributed by atoms with van der Waals surface area (Å²) < 4.78 is 26.4. The summed E-state index contributed by atoms with van der Waals surface area (Å²) in [6.45, 7) is 4.62. The Morgan fingerprint density at radius 2 is 2.03 bits per heavy atom. The predicted octanol–water partition coefficient (Wildman–Crippen LogP) is 3.53. The summed E-state index contributed by atoms with van der Waals surface area (Å²) in [6, 6.07) is 7.93. The molecule has 2 heterocycles. The van der Waals surface area contributed by atoms with E-state index in [0.717, 1.165) is 6.07 Å². The Kier molecular flexibility index (Phi) is 6.53. The summed E-state index contributed by atoms with van der Waals surface area (Å²) in [4.78, 5) is 13.7. The van der Waals surface area contributed by atoms with Crippen molar-refractivity contribution >= 4 is 6.09 Å². The minimum Gasteiger partial charge on any atom is -0.486 e. The van der Waals surface area contributed by atoms with Crippen molar-refractivity contribution in [3.8, 4) is 17.9 Å². The first-order chi connectivity index (χ1) is 14.4. The minimum atomic E-state index is -0.638. The van der Waals surface area contributed by atoms with E-state index in [-0.39, 0.29) is 36.2 Å².